The molecule has 1 N–H and O–H groups in total. The van der Waals surface area contributed by atoms with Crippen LogP contribution in [0.2, 0.25) is 0 Å². The Morgan fingerprint density at radius 2 is 2.22 bits per heavy atom. The minimum atomic E-state index is -0.824. The molecule has 0 bridgehead atoms. The van der Waals surface area contributed by atoms with E-state index in [1.165, 1.54) is 0 Å². The van der Waals surface area contributed by atoms with Crippen molar-refractivity contribution in [2.75, 3.05) is 19.8 Å². The Morgan fingerprint density at radius 1 is 1.78 bits per heavy atom. The summed E-state index contributed by atoms with van der Waals surface area (Å²) in [4.78, 5) is 11.9. The Bertz CT molecular complexity index is 105. The number of aliphatic carboxylic acids is 1. The van der Waals surface area contributed by atoms with E-state index in [0.717, 1.165) is 0 Å². The number of likely N-dealkylation sites (N-methyl/N-ethyl adjacent to an activating group) is 1. The smallest absolute Gasteiger partial charge is 0.321 e. The zero-order chi connectivity index (χ0) is 7.44. The Hall–Kier alpha value is -0.220. The van der Waals surface area contributed by atoms with Crippen LogP contribution in [0.15, 0.2) is 0 Å². The van der Waals surface area contributed by atoms with Gasteiger partial charge in [0.25, 0.3) is 0 Å². The van der Waals surface area contributed by atoms with Crippen LogP contribution in [-0.4, -0.2) is 41.9 Å². The molecule has 0 aliphatic heterocycles. The van der Waals surface area contributed by atoms with Crippen molar-refractivity contribution in [2.45, 2.75) is 6.04 Å². The second-order valence-corrected chi connectivity index (χ2v) is 2.37. The van der Waals surface area contributed by atoms with E-state index in [1.54, 1.807) is 19.0 Å². The lowest BCUT2D eigenvalue weighted by Gasteiger charge is -2.16. The van der Waals surface area contributed by atoms with Gasteiger partial charge in [-0.1, -0.05) is 0 Å². The summed E-state index contributed by atoms with van der Waals surface area (Å²) in [5.74, 6) is -0.475. The molecule has 0 aliphatic rings. The van der Waals surface area contributed by atoms with E-state index < -0.39 is 12.0 Å². The molecule has 0 unspecified atom stereocenters. The van der Waals surface area contributed by atoms with Crippen molar-refractivity contribution in [1.82, 2.24) is 4.90 Å². The summed E-state index contributed by atoms with van der Waals surface area (Å²) < 4.78 is 0. The van der Waals surface area contributed by atoms with E-state index in [4.69, 9.17) is 5.11 Å². The molecule has 54 valence electrons. The SMILES string of the molecule is CN(C)[C@@H](CS)C(=O)O. The molecule has 9 heavy (non-hydrogen) atoms. The monoisotopic (exact) mass is 149 g/mol. The first kappa shape index (κ1) is 8.78. The highest BCUT2D eigenvalue weighted by Gasteiger charge is 2.16. The van der Waals surface area contributed by atoms with Gasteiger partial charge in [0.2, 0.25) is 0 Å². The maximum atomic E-state index is 10.3. The van der Waals surface area contributed by atoms with Crippen LogP contribution in [0, 0.1) is 0 Å². The van der Waals surface area contributed by atoms with E-state index in [2.05, 4.69) is 12.6 Å². The number of carbonyl (C=O) groups is 1. The lowest BCUT2D eigenvalue weighted by molar-refractivity contribution is -0.141. The maximum Gasteiger partial charge on any atom is 0.321 e. The Morgan fingerprint density at radius 3 is 2.22 bits per heavy atom. The van der Waals surface area contributed by atoms with Gasteiger partial charge >= 0.3 is 5.97 Å². The van der Waals surface area contributed by atoms with E-state index in [0.29, 0.717) is 5.75 Å². The van der Waals surface area contributed by atoms with Crippen molar-refractivity contribution in [3.8, 4) is 0 Å². The third kappa shape index (κ3) is 2.72. The average molecular weight is 149 g/mol. The molecule has 3 nitrogen and oxygen atoms in total. The molecule has 4 heteroatoms. The van der Waals surface area contributed by atoms with E-state index >= 15 is 0 Å². The van der Waals surface area contributed by atoms with Gasteiger partial charge in [0.1, 0.15) is 6.04 Å². The minimum Gasteiger partial charge on any atom is -0.480 e. The van der Waals surface area contributed by atoms with Crippen molar-refractivity contribution in [1.29, 1.82) is 0 Å². The lowest BCUT2D eigenvalue weighted by atomic mass is 10.3. The molecule has 1 atom stereocenters. The standard InChI is InChI=1S/C5H11NO2S/c1-6(2)4(3-9)5(7)8/h4,9H,3H2,1-2H3,(H,7,8)/t4-/m0/s1. The van der Waals surface area contributed by atoms with Crippen molar-refractivity contribution in [3.63, 3.8) is 0 Å². The van der Waals surface area contributed by atoms with Gasteiger partial charge in [-0.25, -0.2) is 0 Å². The lowest BCUT2D eigenvalue weighted by Crippen LogP contribution is -2.37. The molecule has 0 saturated carbocycles. The minimum absolute atomic E-state index is 0.350. The molecule has 0 spiro atoms. The number of hydrogen-bond acceptors (Lipinski definition) is 3. The number of carboxylic acid groups (broad SMARTS) is 1. The van der Waals surface area contributed by atoms with Gasteiger partial charge in [-0.3, -0.25) is 9.69 Å². The topological polar surface area (TPSA) is 40.5 Å². The van der Waals surface area contributed by atoms with E-state index in [-0.39, 0.29) is 0 Å². The summed E-state index contributed by atoms with van der Waals surface area (Å²) in [6.07, 6.45) is 0. The molecule has 0 aromatic heterocycles. The van der Waals surface area contributed by atoms with Crippen LogP contribution >= 0.6 is 12.6 Å². The average Bonchev–Trinajstić information content (AvgIpc) is 1.64. The highest BCUT2D eigenvalue weighted by atomic mass is 32.1. The largest absolute Gasteiger partial charge is 0.480 e. The molecule has 0 heterocycles. The second kappa shape index (κ2) is 3.74. The predicted octanol–water partition coefficient (Wildman–Crippen LogP) is -0.0690. The summed E-state index contributed by atoms with van der Waals surface area (Å²) >= 11 is 3.87. The summed E-state index contributed by atoms with van der Waals surface area (Å²) in [7, 11) is 3.43. The van der Waals surface area contributed by atoms with Gasteiger partial charge in [0.05, 0.1) is 0 Å². The molecule has 0 radical (unpaired) electrons. The first-order chi connectivity index (χ1) is 4.09. The van der Waals surface area contributed by atoms with Gasteiger partial charge in [-0.15, -0.1) is 0 Å². The zero-order valence-corrected chi connectivity index (χ0v) is 6.43. The first-order valence-corrected chi connectivity index (χ1v) is 3.23. The van der Waals surface area contributed by atoms with Crippen LogP contribution in [0.3, 0.4) is 0 Å². The summed E-state index contributed by atoms with van der Waals surface area (Å²) in [6, 6.07) is -0.465. The number of hydrogen-bond donors (Lipinski definition) is 2. The quantitative estimate of drug-likeness (QED) is 0.552. The molecule has 0 rings (SSSR count). The predicted molar refractivity (Wildman–Crippen MR) is 39.0 cm³/mol. The molecular formula is C5H11NO2S. The van der Waals surface area contributed by atoms with Gasteiger partial charge in [0.15, 0.2) is 0 Å². The molecular weight excluding hydrogens is 138 g/mol. The van der Waals surface area contributed by atoms with Gasteiger partial charge < -0.3 is 5.11 Å². The van der Waals surface area contributed by atoms with Crippen LogP contribution in [0.5, 0.6) is 0 Å². The van der Waals surface area contributed by atoms with Crippen molar-refractivity contribution < 1.29 is 9.90 Å². The molecule has 0 fully saturated rings. The van der Waals surface area contributed by atoms with Gasteiger partial charge in [0, 0.05) is 5.75 Å². The Kier molecular flexibility index (Phi) is 3.65. The highest BCUT2D eigenvalue weighted by molar-refractivity contribution is 7.80. The zero-order valence-electron chi connectivity index (χ0n) is 5.53. The number of carboxylic acids is 1. The Balaban J connectivity index is 3.83. The normalized spacial score (nSPS) is 13.8. The fourth-order valence-corrected chi connectivity index (χ4v) is 0.945. The maximum absolute atomic E-state index is 10.3. The Labute approximate surface area is 60.1 Å². The van der Waals surface area contributed by atoms with Crippen molar-refractivity contribution in [3.05, 3.63) is 0 Å². The number of thiol groups is 1. The summed E-state index contributed by atoms with van der Waals surface area (Å²) in [5.41, 5.74) is 0. The van der Waals surface area contributed by atoms with Crippen LogP contribution < -0.4 is 0 Å². The van der Waals surface area contributed by atoms with E-state index in [9.17, 15) is 4.79 Å². The fourth-order valence-electron chi connectivity index (χ4n) is 0.462. The van der Waals surface area contributed by atoms with Crippen LogP contribution in [0.25, 0.3) is 0 Å². The van der Waals surface area contributed by atoms with E-state index in [1.807, 2.05) is 0 Å². The molecule has 0 aromatic rings. The summed E-state index contributed by atoms with van der Waals surface area (Å²) in [5, 5.41) is 8.45. The van der Waals surface area contributed by atoms with Gasteiger partial charge in [-0.05, 0) is 14.1 Å². The fraction of sp³-hybridized carbons (Fsp3) is 0.800. The number of rotatable bonds is 3. The van der Waals surface area contributed by atoms with Crippen molar-refractivity contribution in [2.24, 2.45) is 0 Å². The third-order valence-electron chi connectivity index (χ3n) is 1.08. The second-order valence-electron chi connectivity index (χ2n) is 2.00. The highest BCUT2D eigenvalue weighted by Crippen LogP contribution is 1.94. The van der Waals surface area contributed by atoms with Crippen LogP contribution in [0.1, 0.15) is 0 Å². The van der Waals surface area contributed by atoms with Crippen molar-refractivity contribution >= 4 is 18.6 Å². The van der Waals surface area contributed by atoms with Crippen LogP contribution in [0.4, 0.5) is 0 Å². The molecule has 0 amide bonds. The number of nitrogens with zero attached hydrogens (tertiary/aromatic N) is 1. The molecule has 0 aromatic carbocycles. The van der Waals surface area contributed by atoms with Gasteiger partial charge in [-0.2, -0.15) is 12.6 Å². The van der Waals surface area contributed by atoms with Crippen LogP contribution in [-0.2, 0) is 4.79 Å². The molecule has 0 aliphatic carbocycles. The third-order valence-corrected chi connectivity index (χ3v) is 1.43. The summed E-state index contributed by atoms with van der Waals surface area (Å²) in [6.45, 7) is 0. The first-order valence-electron chi connectivity index (χ1n) is 2.59. The molecule has 0 saturated heterocycles.